The van der Waals surface area contributed by atoms with Crippen molar-refractivity contribution in [3.05, 3.63) is 0 Å². The van der Waals surface area contributed by atoms with Crippen LogP contribution >= 0.6 is 0 Å². The van der Waals surface area contributed by atoms with Crippen molar-refractivity contribution in [1.29, 1.82) is 0 Å². The lowest BCUT2D eigenvalue weighted by molar-refractivity contribution is -0.127. The molecule has 1 saturated heterocycles. The molecule has 0 aromatic carbocycles. The van der Waals surface area contributed by atoms with E-state index in [-0.39, 0.29) is 5.91 Å². The van der Waals surface area contributed by atoms with Crippen LogP contribution in [0.3, 0.4) is 0 Å². The summed E-state index contributed by atoms with van der Waals surface area (Å²) in [4.78, 5) is 14.7. The molecule has 0 aromatic heterocycles. The molecule has 2 saturated carbocycles. The van der Waals surface area contributed by atoms with E-state index in [9.17, 15) is 4.79 Å². The van der Waals surface area contributed by atoms with Crippen LogP contribution in [0.25, 0.3) is 0 Å². The molecular weight excluding hydrogens is 250 g/mol. The molecule has 1 amide bonds. The Labute approximate surface area is 122 Å². The number of carbonyl (C=O) groups is 1. The van der Waals surface area contributed by atoms with Crippen LogP contribution < -0.4 is 11.1 Å². The van der Waals surface area contributed by atoms with Gasteiger partial charge < -0.3 is 16.0 Å². The first-order valence-corrected chi connectivity index (χ1v) is 8.41. The summed E-state index contributed by atoms with van der Waals surface area (Å²) < 4.78 is 0. The number of primary amides is 1. The molecule has 3 atom stereocenters. The summed E-state index contributed by atoms with van der Waals surface area (Å²) in [6, 6.07) is 1.09. The van der Waals surface area contributed by atoms with Gasteiger partial charge in [0.05, 0.1) is 5.54 Å². The third-order valence-corrected chi connectivity index (χ3v) is 5.46. The minimum atomic E-state index is -0.426. The van der Waals surface area contributed by atoms with Gasteiger partial charge in [-0.25, -0.2) is 0 Å². The zero-order chi connectivity index (χ0) is 14.2. The molecule has 1 aliphatic heterocycles. The van der Waals surface area contributed by atoms with E-state index in [4.69, 9.17) is 5.73 Å². The second-order valence-corrected chi connectivity index (χ2v) is 7.36. The fourth-order valence-electron chi connectivity index (χ4n) is 4.16. The quantitative estimate of drug-likeness (QED) is 0.822. The molecule has 114 valence electrons. The Morgan fingerprint density at radius 3 is 2.70 bits per heavy atom. The van der Waals surface area contributed by atoms with Crippen LogP contribution in [0, 0.1) is 5.92 Å². The Hall–Kier alpha value is -0.610. The highest BCUT2D eigenvalue weighted by Crippen LogP contribution is 2.35. The lowest BCUT2D eigenvalue weighted by Crippen LogP contribution is -2.61. The van der Waals surface area contributed by atoms with Gasteiger partial charge in [0.15, 0.2) is 0 Å². The summed E-state index contributed by atoms with van der Waals surface area (Å²) in [5.41, 5.74) is 5.35. The summed E-state index contributed by atoms with van der Waals surface area (Å²) in [5, 5.41) is 3.58. The molecule has 3 N–H and O–H groups in total. The lowest BCUT2D eigenvalue weighted by atomic mass is 9.77. The van der Waals surface area contributed by atoms with Gasteiger partial charge in [-0.1, -0.05) is 6.92 Å². The molecule has 0 spiro atoms. The van der Waals surface area contributed by atoms with Gasteiger partial charge in [0, 0.05) is 18.6 Å². The van der Waals surface area contributed by atoms with Gasteiger partial charge in [0.2, 0.25) is 5.91 Å². The van der Waals surface area contributed by atoms with E-state index < -0.39 is 5.54 Å². The van der Waals surface area contributed by atoms with Gasteiger partial charge >= 0.3 is 0 Å². The van der Waals surface area contributed by atoms with E-state index in [1.165, 1.54) is 45.2 Å². The first-order chi connectivity index (χ1) is 9.59. The topological polar surface area (TPSA) is 58.4 Å². The van der Waals surface area contributed by atoms with E-state index in [1.54, 1.807) is 0 Å². The highest BCUT2D eigenvalue weighted by atomic mass is 16.1. The monoisotopic (exact) mass is 279 g/mol. The van der Waals surface area contributed by atoms with Gasteiger partial charge in [-0.3, -0.25) is 4.79 Å². The number of amides is 1. The van der Waals surface area contributed by atoms with Crippen molar-refractivity contribution in [2.75, 3.05) is 13.1 Å². The van der Waals surface area contributed by atoms with Crippen molar-refractivity contribution in [2.24, 2.45) is 11.7 Å². The smallest absolute Gasteiger partial charge is 0.237 e. The summed E-state index contributed by atoms with van der Waals surface area (Å²) >= 11 is 0. The van der Waals surface area contributed by atoms with E-state index in [2.05, 4.69) is 17.1 Å². The summed E-state index contributed by atoms with van der Waals surface area (Å²) in [6.45, 7) is 4.75. The molecular formula is C16H29N3O. The molecule has 4 nitrogen and oxygen atoms in total. The molecule has 0 aromatic rings. The van der Waals surface area contributed by atoms with Crippen molar-refractivity contribution in [3.8, 4) is 0 Å². The van der Waals surface area contributed by atoms with Gasteiger partial charge in [0.25, 0.3) is 0 Å². The zero-order valence-electron chi connectivity index (χ0n) is 12.7. The second kappa shape index (κ2) is 5.64. The van der Waals surface area contributed by atoms with Gasteiger partial charge in [-0.05, 0) is 63.8 Å². The van der Waals surface area contributed by atoms with Gasteiger partial charge in [0.1, 0.15) is 0 Å². The first kappa shape index (κ1) is 14.3. The normalized spacial score (nSPS) is 39.6. The van der Waals surface area contributed by atoms with Crippen molar-refractivity contribution in [2.45, 2.75) is 75.9 Å². The van der Waals surface area contributed by atoms with Crippen molar-refractivity contribution < 1.29 is 4.79 Å². The molecule has 3 fully saturated rings. The minimum Gasteiger partial charge on any atom is -0.368 e. The van der Waals surface area contributed by atoms with E-state index in [1.807, 2.05) is 0 Å². The average Bonchev–Trinajstić information content (AvgIpc) is 3.23. The van der Waals surface area contributed by atoms with Crippen LogP contribution in [0.15, 0.2) is 0 Å². The minimum absolute atomic E-state index is 0.126. The predicted octanol–water partition coefficient (Wildman–Crippen LogP) is 1.64. The highest BCUT2D eigenvalue weighted by molar-refractivity contribution is 5.85. The summed E-state index contributed by atoms with van der Waals surface area (Å²) in [5.74, 6) is 0.671. The molecule has 2 aliphatic carbocycles. The fraction of sp³-hybridized carbons (Fsp3) is 0.938. The lowest BCUT2D eigenvalue weighted by Gasteiger charge is -2.45. The van der Waals surface area contributed by atoms with E-state index in [0.29, 0.717) is 12.1 Å². The zero-order valence-corrected chi connectivity index (χ0v) is 12.7. The number of piperidine rings is 1. The third-order valence-electron chi connectivity index (χ3n) is 5.46. The summed E-state index contributed by atoms with van der Waals surface area (Å²) in [6.07, 6.45) is 9.28. The number of rotatable bonds is 4. The molecule has 3 unspecified atom stereocenters. The Kier molecular flexibility index (Phi) is 4.04. The third kappa shape index (κ3) is 3.01. The Morgan fingerprint density at radius 2 is 2.05 bits per heavy atom. The fourth-order valence-corrected chi connectivity index (χ4v) is 4.16. The Balaban J connectivity index is 1.68. The first-order valence-electron chi connectivity index (χ1n) is 8.41. The van der Waals surface area contributed by atoms with Crippen LogP contribution in [0.5, 0.6) is 0 Å². The molecule has 3 rings (SSSR count). The van der Waals surface area contributed by atoms with Crippen molar-refractivity contribution in [3.63, 3.8) is 0 Å². The maximum Gasteiger partial charge on any atom is 0.237 e. The maximum absolute atomic E-state index is 12.1. The largest absolute Gasteiger partial charge is 0.368 e. The predicted molar refractivity (Wildman–Crippen MR) is 80.3 cm³/mol. The van der Waals surface area contributed by atoms with Crippen molar-refractivity contribution >= 4 is 5.91 Å². The molecule has 4 heteroatoms. The summed E-state index contributed by atoms with van der Waals surface area (Å²) in [7, 11) is 0. The number of nitrogens with zero attached hydrogens (tertiary/aromatic N) is 1. The molecule has 1 heterocycles. The second-order valence-electron chi connectivity index (χ2n) is 7.36. The van der Waals surface area contributed by atoms with Crippen LogP contribution in [-0.2, 0) is 4.79 Å². The van der Waals surface area contributed by atoms with Crippen LogP contribution in [0.4, 0.5) is 0 Å². The standard InChI is InChI=1S/C16H29N3O/c1-12-4-3-9-19(11-12)14-5-2-8-16(10-14,15(17)20)18-13-6-7-13/h12-14,18H,2-11H2,1H3,(H2,17,20). The number of nitrogens with one attached hydrogen (secondary N) is 1. The number of carbonyl (C=O) groups excluding carboxylic acids is 1. The Morgan fingerprint density at radius 1 is 1.25 bits per heavy atom. The van der Waals surface area contributed by atoms with E-state index >= 15 is 0 Å². The highest BCUT2D eigenvalue weighted by Gasteiger charge is 2.45. The molecule has 3 aliphatic rings. The SMILES string of the molecule is CC1CCCN(C2CCCC(NC3CC3)(C(N)=O)C2)C1. The maximum atomic E-state index is 12.1. The number of likely N-dealkylation sites (tertiary alicyclic amines) is 1. The molecule has 0 bridgehead atoms. The van der Waals surface area contributed by atoms with Crippen LogP contribution in [-0.4, -0.2) is 41.5 Å². The van der Waals surface area contributed by atoms with Crippen LogP contribution in [0.1, 0.15) is 58.3 Å². The van der Waals surface area contributed by atoms with Gasteiger partial charge in [-0.2, -0.15) is 0 Å². The Bertz CT molecular complexity index is 369. The molecule has 20 heavy (non-hydrogen) atoms. The van der Waals surface area contributed by atoms with Crippen molar-refractivity contribution in [1.82, 2.24) is 10.2 Å². The average molecular weight is 279 g/mol. The van der Waals surface area contributed by atoms with Crippen LogP contribution in [0.2, 0.25) is 0 Å². The molecule has 0 radical (unpaired) electrons. The number of hydrogen-bond donors (Lipinski definition) is 2. The van der Waals surface area contributed by atoms with E-state index in [0.717, 1.165) is 25.2 Å². The van der Waals surface area contributed by atoms with Gasteiger partial charge in [-0.15, -0.1) is 0 Å². The number of nitrogens with two attached hydrogens (primary N) is 1. The number of hydrogen-bond acceptors (Lipinski definition) is 3.